The molecule has 0 aliphatic carbocycles. The van der Waals surface area contributed by atoms with Gasteiger partial charge in [0.2, 0.25) is 0 Å². The summed E-state index contributed by atoms with van der Waals surface area (Å²) in [7, 11) is -3.13. The van der Waals surface area contributed by atoms with Crippen molar-refractivity contribution < 1.29 is 8.42 Å². The number of fused-ring (bicyclic) bond motifs is 1. The lowest BCUT2D eigenvalue weighted by molar-refractivity contribution is 0.556. The van der Waals surface area contributed by atoms with Crippen LogP contribution in [0.2, 0.25) is 0 Å². The van der Waals surface area contributed by atoms with E-state index in [1.165, 1.54) is 0 Å². The standard InChI is InChI=1S/C11H15NO2S/c1-8-5-4-6-9-10(8)12-11(2,3)7-15(9,13)14/h4-6,12H,7H2,1-3H3. The normalized spacial score (nSPS) is 21.5. The summed E-state index contributed by atoms with van der Waals surface area (Å²) < 4.78 is 24.0. The molecule has 0 radical (unpaired) electrons. The largest absolute Gasteiger partial charge is 0.378 e. The highest BCUT2D eigenvalue weighted by atomic mass is 32.2. The number of aryl methyl sites for hydroxylation is 1. The van der Waals surface area contributed by atoms with Gasteiger partial charge in [0.05, 0.1) is 16.3 Å². The molecule has 1 aliphatic heterocycles. The Hall–Kier alpha value is -1.03. The highest BCUT2D eigenvalue weighted by Crippen LogP contribution is 2.34. The Balaban J connectivity index is 2.71. The summed E-state index contributed by atoms with van der Waals surface area (Å²) in [6.07, 6.45) is 0. The van der Waals surface area contributed by atoms with Gasteiger partial charge in [0, 0.05) is 5.54 Å². The van der Waals surface area contributed by atoms with Crippen LogP contribution in [0.3, 0.4) is 0 Å². The summed E-state index contributed by atoms with van der Waals surface area (Å²) in [5.74, 6) is 0.149. The molecule has 82 valence electrons. The lowest BCUT2D eigenvalue weighted by Crippen LogP contribution is -2.43. The molecule has 0 bridgehead atoms. The molecule has 15 heavy (non-hydrogen) atoms. The Morgan fingerprint density at radius 1 is 1.33 bits per heavy atom. The van der Waals surface area contributed by atoms with E-state index in [9.17, 15) is 8.42 Å². The number of hydrogen-bond donors (Lipinski definition) is 1. The first kappa shape index (κ1) is 10.5. The number of rotatable bonds is 0. The Morgan fingerprint density at radius 2 is 2.00 bits per heavy atom. The Morgan fingerprint density at radius 3 is 2.67 bits per heavy atom. The van der Waals surface area contributed by atoms with Crippen LogP contribution < -0.4 is 5.32 Å². The average Bonchev–Trinajstić information content (AvgIpc) is 2.04. The molecule has 1 N–H and O–H groups in total. The highest BCUT2D eigenvalue weighted by Gasteiger charge is 2.35. The van der Waals surface area contributed by atoms with E-state index in [0.29, 0.717) is 4.90 Å². The second-order valence-electron chi connectivity index (χ2n) is 4.72. The Labute approximate surface area is 90.4 Å². The fourth-order valence-electron chi connectivity index (χ4n) is 1.99. The van der Waals surface area contributed by atoms with E-state index in [-0.39, 0.29) is 5.75 Å². The molecule has 1 aromatic rings. The van der Waals surface area contributed by atoms with Crippen molar-refractivity contribution in [3.63, 3.8) is 0 Å². The van der Waals surface area contributed by atoms with Crippen LogP contribution in [0.15, 0.2) is 23.1 Å². The van der Waals surface area contributed by atoms with E-state index in [1.54, 1.807) is 12.1 Å². The van der Waals surface area contributed by atoms with Crippen LogP contribution in [0.4, 0.5) is 5.69 Å². The van der Waals surface area contributed by atoms with Crippen molar-refractivity contribution in [1.82, 2.24) is 0 Å². The van der Waals surface area contributed by atoms with E-state index in [2.05, 4.69) is 5.32 Å². The predicted molar refractivity (Wildman–Crippen MR) is 60.9 cm³/mol. The minimum atomic E-state index is -3.13. The number of nitrogens with one attached hydrogen (secondary N) is 1. The van der Waals surface area contributed by atoms with Crippen molar-refractivity contribution in [3.05, 3.63) is 23.8 Å². The first-order chi connectivity index (χ1) is 6.82. The zero-order valence-electron chi connectivity index (χ0n) is 9.16. The first-order valence-electron chi connectivity index (χ1n) is 4.92. The number of benzene rings is 1. The SMILES string of the molecule is Cc1cccc2c1NC(C)(C)CS2(=O)=O. The van der Waals surface area contributed by atoms with Crippen LogP contribution in [-0.2, 0) is 9.84 Å². The van der Waals surface area contributed by atoms with Gasteiger partial charge in [-0.1, -0.05) is 12.1 Å². The molecule has 0 unspecified atom stereocenters. The lowest BCUT2D eigenvalue weighted by atomic mass is 10.1. The molecular formula is C11H15NO2S. The molecule has 1 aromatic carbocycles. The zero-order valence-corrected chi connectivity index (χ0v) is 9.98. The third-order valence-electron chi connectivity index (χ3n) is 2.58. The lowest BCUT2D eigenvalue weighted by Gasteiger charge is -2.34. The number of sulfone groups is 1. The molecule has 4 heteroatoms. The molecule has 0 saturated carbocycles. The van der Waals surface area contributed by atoms with E-state index >= 15 is 0 Å². The summed E-state index contributed by atoms with van der Waals surface area (Å²) >= 11 is 0. The van der Waals surface area contributed by atoms with E-state index < -0.39 is 15.4 Å². The van der Waals surface area contributed by atoms with Crippen LogP contribution in [-0.4, -0.2) is 19.7 Å². The van der Waals surface area contributed by atoms with Crippen LogP contribution in [0, 0.1) is 6.92 Å². The Kier molecular flexibility index (Phi) is 2.08. The smallest absolute Gasteiger partial charge is 0.182 e. The average molecular weight is 225 g/mol. The zero-order chi connectivity index (χ0) is 11.3. The van der Waals surface area contributed by atoms with Crippen molar-refractivity contribution in [1.29, 1.82) is 0 Å². The number of para-hydroxylation sites is 1. The monoisotopic (exact) mass is 225 g/mol. The van der Waals surface area contributed by atoms with Gasteiger partial charge in [0.25, 0.3) is 0 Å². The molecule has 0 aromatic heterocycles. The quantitative estimate of drug-likeness (QED) is 0.734. The van der Waals surface area contributed by atoms with Gasteiger partial charge in [0.1, 0.15) is 0 Å². The van der Waals surface area contributed by atoms with E-state index in [0.717, 1.165) is 11.3 Å². The molecule has 1 aliphatic rings. The van der Waals surface area contributed by atoms with Gasteiger partial charge in [-0.2, -0.15) is 0 Å². The predicted octanol–water partition coefficient (Wildman–Crippen LogP) is 1.97. The molecule has 0 fully saturated rings. The molecule has 0 amide bonds. The molecule has 3 nitrogen and oxygen atoms in total. The summed E-state index contributed by atoms with van der Waals surface area (Å²) in [5.41, 5.74) is 1.34. The van der Waals surface area contributed by atoms with Crippen LogP contribution in [0.5, 0.6) is 0 Å². The second kappa shape index (κ2) is 2.98. The third kappa shape index (κ3) is 1.74. The molecule has 0 saturated heterocycles. The van der Waals surface area contributed by atoms with Gasteiger partial charge in [-0.25, -0.2) is 8.42 Å². The topological polar surface area (TPSA) is 46.2 Å². The number of hydrogen-bond acceptors (Lipinski definition) is 3. The van der Waals surface area contributed by atoms with Crippen LogP contribution in [0.25, 0.3) is 0 Å². The molecular weight excluding hydrogens is 210 g/mol. The Bertz CT molecular complexity index is 503. The van der Waals surface area contributed by atoms with E-state index in [1.807, 2.05) is 26.8 Å². The van der Waals surface area contributed by atoms with Crippen LogP contribution in [0.1, 0.15) is 19.4 Å². The summed E-state index contributed by atoms with van der Waals surface area (Å²) in [5, 5.41) is 3.28. The summed E-state index contributed by atoms with van der Waals surface area (Å²) in [6, 6.07) is 5.37. The fourth-order valence-corrected chi connectivity index (χ4v) is 3.97. The minimum absolute atomic E-state index is 0.149. The van der Waals surface area contributed by atoms with Crippen molar-refractivity contribution in [3.8, 4) is 0 Å². The third-order valence-corrected chi connectivity index (χ3v) is 4.70. The van der Waals surface area contributed by atoms with E-state index in [4.69, 9.17) is 0 Å². The van der Waals surface area contributed by atoms with Crippen molar-refractivity contribution in [2.75, 3.05) is 11.1 Å². The van der Waals surface area contributed by atoms with Crippen molar-refractivity contribution in [2.45, 2.75) is 31.2 Å². The highest BCUT2D eigenvalue weighted by molar-refractivity contribution is 7.91. The van der Waals surface area contributed by atoms with Gasteiger partial charge >= 0.3 is 0 Å². The molecule has 1 heterocycles. The maximum absolute atomic E-state index is 12.0. The minimum Gasteiger partial charge on any atom is -0.378 e. The molecule has 0 atom stereocenters. The van der Waals surface area contributed by atoms with Crippen molar-refractivity contribution in [2.24, 2.45) is 0 Å². The fraction of sp³-hybridized carbons (Fsp3) is 0.455. The van der Waals surface area contributed by atoms with Gasteiger partial charge in [-0.15, -0.1) is 0 Å². The molecule has 2 rings (SSSR count). The summed E-state index contributed by atoms with van der Waals surface area (Å²) in [6.45, 7) is 5.72. The van der Waals surface area contributed by atoms with Gasteiger partial charge < -0.3 is 5.32 Å². The van der Waals surface area contributed by atoms with Gasteiger partial charge in [-0.05, 0) is 32.4 Å². The maximum atomic E-state index is 12.0. The van der Waals surface area contributed by atoms with Gasteiger partial charge in [-0.3, -0.25) is 0 Å². The van der Waals surface area contributed by atoms with Crippen molar-refractivity contribution >= 4 is 15.5 Å². The van der Waals surface area contributed by atoms with Gasteiger partial charge in [0.15, 0.2) is 9.84 Å². The first-order valence-corrected chi connectivity index (χ1v) is 6.58. The maximum Gasteiger partial charge on any atom is 0.182 e. The second-order valence-corrected chi connectivity index (χ2v) is 6.67. The summed E-state index contributed by atoms with van der Waals surface area (Å²) in [4.78, 5) is 0.432. The number of anilines is 1. The van der Waals surface area contributed by atoms with Crippen LogP contribution >= 0.6 is 0 Å². The molecule has 0 spiro atoms.